The Morgan fingerprint density at radius 3 is 2.20 bits per heavy atom. The topological polar surface area (TPSA) is 55.8 Å². The van der Waals surface area contributed by atoms with Gasteiger partial charge in [-0.05, 0) is 44.8 Å². The Labute approximate surface area is 144 Å². The van der Waals surface area contributed by atoms with Gasteiger partial charge in [-0.2, -0.15) is 13.2 Å². The molecule has 0 bridgehead atoms. The largest absolute Gasteiger partial charge is 0.492 e. The third-order valence-electron chi connectivity index (χ3n) is 4.60. The second kappa shape index (κ2) is 6.59. The van der Waals surface area contributed by atoms with Gasteiger partial charge in [0.25, 0.3) is 0 Å². The smallest absolute Gasteiger partial charge is 0.400 e. The van der Waals surface area contributed by atoms with Gasteiger partial charge in [0, 0.05) is 5.56 Å². The number of halogens is 3. The van der Waals surface area contributed by atoms with Crippen LogP contribution in [0.5, 0.6) is 0 Å². The average molecular weight is 356 g/mol. The predicted octanol–water partition coefficient (Wildman–Crippen LogP) is 3.53. The third kappa shape index (κ3) is 3.97. The number of carbonyl (C=O) groups excluding carboxylic acids is 1. The maximum atomic E-state index is 13.3. The number of rotatable bonds is 4. The third-order valence-corrected chi connectivity index (χ3v) is 4.60. The number of benzene rings is 1. The van der Waals surface area contributed by atoms with Gasteiger partial charge >= 0.3 is 13.3 Å². The summed E-state index contributed by atoms with van der Waals surface area (Å²) < 4.78 is 51.4. The van der Waals surface area contributed by atoms with Gasteiger partial charge < -0.3 is 14.4 Å². The number of carbonyl (C=O) groups is 1. The van der Waals surface area contributed by atoms with E-state index in [4.69, 9.17) is 9.31 Å². The fraction of sp³-hybridized carbons (Fsp3) is 0.471. The lowest BCUT2D eigenvalue weighted by Crippen LogP contribution is -2.41. The van der Waals surface area contributed by atoms with Gasteiger partial charge in [-0.3, -0.25) is 4.79 Å². The van der Waals surface area contributed by atoms with E-state index in [9.17, 15) is 23.1 Å². The van der Waals surface area contributed by atoms with Gasteiger partial charge in [0.1, 0.15) is 6.29 Å². The standard InChI is InChI=1S/C17H20BF3O4/c1-15(2)16(3,4)25-18(24-15)13(10-23)8-12-6-5-11(9-22)7-14(12)17(19,20)21/h5-9,23H,10H2,1-4H3. The monoisotopic (exact) mass is 356 g/mol. The summed E-state index contributed by atoms with van der Waals surface area (Å²) in [6.07, 6.45) is -3.09. The summed E-state index contributed by atoms with van der Waals surface area (Å²) >= 11 is 0. The highest BCUT2D eigenvalue weighted by molar-refractivity contribution is 6.55. The van der Waals surface area contributed by atoms with E-state index in [1.807, 2.05) is 27.7 Å². The first kappa shape index (κ1) is 19.7. The van der Waals surface area contributed by atoms with Crippen molar-refractivity contribution in [1.82, 2.24) is 0 Å². The fourth-order valence-corrected chi connectivity index (χ4v) is 2.40. The molecule has 136 valence electrons. The molecule has 1 aromatic carbocycles. The summed E-state index contributed by atoms with van der Waals surface area (Å²) in [7, 11) is -0.957. The highest BCUT2D eigenvalue weighted by atomic mass is 19.4. The van der Waals surface area contributed by atoms with Crippen LogP contribution in [0.3, 0.4) is 0 Å². The zero-order valence-electron chi connectivity index (χ0n) is 14.5. The number of hydrogen-bond acceptors (Lipinski definition) is 4. The van der Waals surface area contributed by atoms with E-state index in [1.165, 1.54) is 18.2 Å². The van der Waals surface area contributed by atoms with Gasteiger partial charge in [-0.25, -0.2) is 0 Å². The Balaban J connectivity index is 2.46. The number of aliphatic hydroxyl groups excluding tert-OH is 1. The SMILES string of the molecule is CC1(C)OB(C(=Cc2ccc(C=O)cc2C(F)(F)F)CO)OC1(C)C. The molecule has 2 rings (SSSR count). The minimum atomic E-state index is -4.64. The molecule has 4 nitrogen and oxygen atoms in total. The second-order valence-electron chi connectivity index (χ2n) is 6.93. The van der Waals surface area contributed by atoms with E-state index >= 15 is 0 Å². The minimum Gasteiger partial charge on any atom is -0.400 e. The van der Waals surface area contributed by atoms with Crippen molar-refractivity contribution in [2.45, 2.75) is 45.1 Å². The lowest BCUT2D eigenvalue weighted by atomic mass is 9.77. The Hall–Kier alpha value is -1.64. The zero-order chi connectivity index (χ0) is 19.0. The molecule has 1 heterocycles. The molecule has 0 aliphatic carbocycles. The summed E-state index contributed by atoms with van der Waals surface area (Å²) in [5.74, 6) is 0. The lowest BCUT2D eigenvalue weighted by molar-refractivity contribution is -0.137. The molecular weight excluding hydrogens is 336 g/mol. The Morgan fingerprint density at radius 2 is 1.76 bits per heavy atom. The molecule has 0 aromatic heterocycles. The second-order valence-corrected chi connectivity index (χ2v) is 6.93. The molecule has 1 aromatic rings. The van der Waals surface area contributed by atoms with Crippen molar-refractivity contribution < 1.29 is 32.4 Å². The molecule has 1 saturated heterocycles. The van der Waals surface area contributed by atoms with Crippen LogP contribution >= 0.6 is 0 Å². The first-order valence-corrected chi connectivity index (χ1v) is 7.74. The minimum absolute atomic E-state index is 0.0781. The van der Waals surface area contributed by atoms with Crippen LogP contribution in [0.1, 0.15) is 49.2 Å². The quantitative estimate of drug-likeness (QED) is 0.663. The summed E-state index contributed by atoms with van der Waals surface area (Å²) in [4.78, 5) is 10.8. The van der Waals surface area contributed by atoms with E-state index in [0.29, 0.717) is 6.29 Å². The van der Waals surface area contributed by atoms with Crippen LogP contribution in [0.4, 0.5) is 13.2 Å². The highest BCUT2D eigenvalue weighted by Gasteiger charge is 2.52. The molecule has 1 N–H and O–H groups in total. The Morgan fingerprint density at radius 1 is 1.20 bits per heavy atom. The lowest BCUT2D eigenvalue weighted by Gasteiger charge is -2.32. The molecule has 1 fully saturated rings. The summed E-state index contributed by atoms with van der Waals surface area (Å²) in [5, 5.41) is 9.62. The van der Waals surface area contributed by atoms with Crippen LogP contribution in [0.25, 0.3) is 6.08 Å². The number of aliphatic hydroxyl groups is 1. The van der Waals surface area contributed by atoms with Crippen molar-refractivity contribution in [3.8, 4) is 0 Å². The Bertz CT molecular complexity index is 680. The van der Waals surface area contributed by atoms with E-state index in [1.54, 1.807) is 0 Å². The van der Waals surface area contributed by atoms with Crippen LogP contribution < -0.4 is 0 Å². The molecule has 0 amide bonds. The van der Waals surface area contributed by atoms with Crippen molar-refractivity contribution in [2.75, 3.05) is 6.61 Å². The average Bonchev–Trinajstić information content (AvgIpc) is 2.71. The van der Waals surface area contributed by atoms with E-state index < -0.39 is 36.7 Å². The van der Waals surface area contributed by atoms with Gasteiger partial charge in [0.2, 0.25) is 0 Å². The van der Waals surface area contributed by atoms with E-state index in [0.717, 1.165) is 6.07 Å². The van der Waals surface area contributed by atoms with E-state index in [2.05, 4.69) is 0 Å². The molecule has 8 heteroatoms. The van der Waals surface area contributed by atoms with Crippen molar-refractivity contribution >= 4 is 19.5 Å². The number of alkyl halides is 3. The van der Waals surface area contributed by atoms with Crippen LogP contribution in [-0.4, -0.2) is 36.3 Å². The molecule has 1 aliphatic heterocycles. The maximum Gasteiger partial charge on any atom is 0.492 e. The number of hydrogen-bond donors (Lipinski definition) is 1. The molecule has 0 radical (unpaired) electrons. The molecule has 25 heavy (non-hydrogen) atoms. The highest BCUT2D eigenvalue weighted by Crippen LogP contribution is 2.39. The van der Waals surface area contributed by atoms with Crippen molar-refractivity contribution in [1.29, 1.82) is 0 Å². The Kier molecular flexibility index (Phi) is 5.19. The molecule has 0 saturated carbocycles. The van der Waals surface area contributed by atoms with Crippen LogP contribution in [0, 0.1) is 0 Å². The summed E-state index contributed by atoms with van der Waals surface area (Å²) in [6.45, 7) is 6.71. The summed E-state index contributed by atoms with van der Waals surface area (Å²) in [5.41, 5.74) is -2.40. The van der Waals surface area contributed by atoms with Crippen molar-refractivity contribution in [3.63, 3.8) is 0 Å². The van der Waals surface area contributed by atoms with Crippen LogP contribution in [-0.2, 0) is 15.5 Å². The molecule has 0 atom stereocenters. The molecule has 1 aliphatic rings. The van der Waals surface area contributed by atoms with Gasteiger partial charge in [-0.1, -0.05) is 18.2 Å². The van der Waals surface area contributed by atoms with Crippen LogP contribution in [0.15, 0.2) is 23.7 Å². The molecule has 0 unspecified atom stereocenters. The van der Waals surface area contributed by atoms with Gasteiger partial charge in [-0.15, -0.1) is 0 Å². The maximum absolute atomic E-state index is 13.3. The molecule has 0 spiro atoms. The predicted molar refractivity (Wildman–Crippen MR) is 88.0 cm³/mol. The first-order valence-electron chi connectivity index (χ1n) is 7.74. The van der Waals surface area contributed by atoms with Crippen molar-refractivity contribution in [2.24, 2.45) is 0 Å². The van der Waals surface area contributed by atoms with E-state index in [-0.39, 0.29) is 16.6 Å². The van der Waals surface area contributed by atoms with Gasteiger partial charge in [0.05, 0.1) is 23.4 Å². The van der Waals surface area contributed by atoms with Gasteiger partial charge in [0.15, 0.2) is 0 Å². The number of aldehydes is 1. The first-order chi connectivity index (χ1) is 11.4. The fourth-order valence-electron chi connectivity index (χ4n) is 2.40. The molecular formula is C17H20BF3O4. The summed E-state index contributed by atoms with van der Waals surface area (Å²) in [6, 6.07) is 3.25. The van der Waals surface area contributed by atoms with Crippen LogP contribution in [0.2, 0.25) is 0 Å². The zero-order valence-corrected chi connectivity index (χ0v) is 14.5. The normalized spacial score (nSPS) is 20.0. The van der Waals surface area contributed by atoms with Crippen molar-refractivity contribution in [3.05, 3.63) is 40.4 Å².